The van der Waals surface area contributed by atoms with Crippen molar-refractivity contribution < 1.29 is 17.9 Å². The second-order valence-electron chi connectivity index (χ2n) is 5.33. The molecule has 8 nitrogen and oxygen atoms in total. The van der Waals surface area contributed by atoms with E-state index in [0.29, 0.717) is 37.4 Å². The van der Waals surface area contributed by atoms with Crippen LogP contribution in [0.2, 0.25) is 0 Å². The van der Waals surface area contributed by atoms with Crippen LogP contribution in [0.25, 0.3) is 0 Å². The van der Waals surface area contributed by atoms with Gasteiger partial charge < -0.3 is 9.64 Å². The maximum atomic E-state index is 12.8. The number of ether oxygens (including phenoxy) is 1. The standard InChI is InChI=1S/C13H22N4O4S/c1-10-13(11(2)15-14-10)22(19,20)17-6-4-5-16(7-8-17)12(18)9-21-3/h4-9H2,1-3H3,(H,14,15). The summed E-state index contributed by atoms with van der Waals surface area (Å²) in [6.07, 6.45) is 0.602. The molecule has 124 valence electrons. The number of H-pyrrole nitrogens is 1. The normalized spacial score (nSPS) is 17.5. The minimum Gasteiger partial charge on any atom is -0.375 e. The second kappa shape index (κ2) is 6.76. The summed E-state index contributed by atoms with van der Waals surface area (Å²) >= 11 is 0. The molecule has 2 rings (SSSR count). The SMILES string of the molecule is COCC(=O)N1CCCN(S(=O)(=O)c2c(C)n[nH]c2C)CC1. The Balaban J connectivity index is 2.15. The fourth-order valence-electron chi connectivity index (χ4n) is 2.65. The summed E-state index contributed by atoms with van der Waals surface area (Å²) in [6.45, 7) is 4.97. The largest absolute Gasteiger partial charge is 0.375 e. The third-order valence-electron chi connectivity index (χ3n) is 3.73. The number of aryl methyl sites for hydroxylation is 2. The minimum absolute atomic E-state index is 0.0205. The minimum atomic E-state index is -3.59. The lowest BCUT2D eigenvalue weighted by Crippen LogP contribution is -2.38. The average molecular weight is 330 g/mol. The van der Waals surface area contributed by atoms with Crippen LogP contribution in [-0.2, 0) is 19.6 Å². The second-order valence-corrected chi connectivity index (χ2v) is 7.21. The van der Waals surface area contributed by atoms with Crippen LogP contribution >= 0.6 is 0 Å². The van der Waals surface area contributed by atoms with Crippen molar-refractivity contribution in [2.75, 3.05) is 39.9 Å². The van der Waals surface area contributed by atoms with Gasteiger partial charge in [0.1, 0.15) is 11.5 Å². The maximum Gasteiger partial charge on any atom is 0.248 e. The van der Waals surface area contributed by atoms with E-state index in [1.807, 2.05) is 0 Å². The molecule has 1 aromatic rings. The summed E-state index contributed by atoms with van der Waals surface area (Å²) in [5.74, 6) is -0.113. The van der Waals surface area contributed by atoms with Crippen LogP contribution in [-0.4, -0.2) is 73.6 Å². The monoisotopic (exact) mass is 330 g/mol. The number of carbonyl (C=O) groups is 1. The van der Waals surface area contributed by atoms with Crippen LogP contribution in [0.4, 0.5) is 0 Å². The van der Waals surface area contributed by atoms with E-state index in [1.165, 1.54) is 11.4 Å². The molecule has 1 amide bonds. The predicted molar refractivity (Wildman–Crippen MR) is 79.9 cm³/mol. The van der Waals surface area contributed by atoms with E-state index in [4.69, 9.17) is 4.74 Å². The van der Waals surface area contributed by atoms with Gasteiger partial charge in [0.15, 0.2) is 0 Å². The van der Waals surface area contributed by atoms with Gasteiger partial charge in [0.05, 0.1) is 11.4 Å². The highest BCUT2D eigenvalue weighted by molar-refractivity contribution is 7.89. The van der Waals surface area contributed by atoms with Crippen LogP contribution < -0.4 is 0 Å². The van der Waals surface area contributed by atoms with Crippen molar-refractivity contribution in [3.63, 3.8) is 0 Å². The van der Waals surface area contributed by atoms with Crippen molar-refractivity contribution in [2.45, 2.75) is 25.2 Å². The number of aromatic nitrogens is 2. The molecule has 9 heteroatoms. The van der Waals surface area contributed by atoms with E-state index in [2.05, 4.69) is 10.2 Å². The molecule has 1 fully saturated rings. The van der Waals surface area contributed by atoms with Gasteiger partial charge in [0.25, 0.3) is 0 Å². The Morgan fingerprint density at radius 1 is 1.27 bits per heavy atom. The smallest absolute Gasteiger partial charge is 0.248 e. The summed E-state index contributed by atoms with van der Waals surface area (Å²) in [5.41, 5.74) is 1.00. The third kappa shape index (κ3) is 3.31. The number of nitrogens with zero attached hydrogens (tertiary/aromatic N) is 3. The van der Waals surface area contributed by atoms with Gasteiger partial charge in [0, 0.05) is 33.3 Å². The first-order valence-corrected chi connectivity index (χ1v) is 8.60. The third-order valence-corrected chi connectivity index (χ3v) is 5.90. The zero-order valence-electron chi connectivity index (χ0n) is 13.1. The molecule has 0 aromatic carbocycles. The lowest BCUT2D eigenvalue weighted by atomic mass is 10.4. The molecule has 1 N–H and O–H groups in total. The molecular weight excluding hydrogens is 308 g/mol. The van der Waals surface area contributed by atoms with Crippen molar-refractivity contribution in [1.29, 1.82) is 0 Å². The van der Waals surface area contributed by atoms with Gasteiger partial charge in [-0.25, -0.2) is 8.42 Å². The number of rotatable bonds is 4. The average Bonchev–Trinajstić information content (AvgIpc) is 2.68. The lowest BCUT2D eigenvalue weighted by molar-refractivity contribution is -0.134. The quantitative estimate of drug-likeness (QED) is 0.831. The molecule has 1 aliphatic heterocycles. The molecule has 0 unspecified atom stereocenters. The zero-order valence-corrected chi connectivity index (χ0v) is 13.9. The van der Waals surface area contributed by atoms with Gasteiger partial charge in [0.2, 0.25) is 15.9 Å². The maximum absolute atomic E-state index is 12.8. The van der Waals surface area contributed by atoms with Crippen molar-refractivity contribution >= 4 is 15.9 Å². The topological polar surface area (TPSA) is 95.6 Å². The fourth-order valence-corrected chi connectivity index (χ4v) is 4.45. The number of nitrogens with one attached hydrogen (secondary N) is 1. The van der Waals surface area contributed by atoms with E-state index < -0.39 is 10.0 Å². The number of hydrogen-bond donors (Lipinski definition) is 1. The van der Waals surface area contributed by atoms with Crippen molar-refractivity contribution in [3.05, 3.63) is 11.4 Å². The van der Waals surface area contributed by atoms with Crippen molar-refractivity contribution in [3.8, 4) is 0 Å². The van der Waals surface area contributed by atoms with E-state index in [0.717, 1.165) is 0 Å². The van der Waals surface area contributed by atoms with Crippen LogP contribution in [0, 0.1) is 13.8 Å². The fraction of sp³-hybridized carbons (Fsp3) is 0.692. The molecule has 22 heavy (non-hydrogen) atoms. The molecule has 0 bridgehead atoms. The molecule has 2 heterocycles. The summed E-state index contributed by atoms with van der Waals surface area (Å²) in [7, 11) is -2.13. The Morgan fingerprint density at radius 3 is 2.59 bits per heavy atom. The molecule has 0 atom stereocenters. The van der Waals surface area contributed by atoms with Crippen LogP contribution in [0.1, 0.15) is 17.8 Å². The highest BCUT2D eigenvalue weighted by Gasteiger charge is 2.31. The van der Waals surface area contributed by atoms with E-state index >= 15 is 0 Å². The molecule has 0 spiro atoms. The van der Waals surface area contributed by atoms with Crippen LogP contribution in [0.15, 0.2) is 4.90 Å². The van der Waals surface area contributed by atoms with Crippen molar-refractivity contribution in [1.82, 2.24) is 19.4 Å². The van der Waals surface area contributed by atoms with Gasteiger partial charge in [-0.2, -0.15) is 9.40 Å². The van der Waals surface area contributed by atoms with E-state index in [1.54, 1.807) is 18.7 Å². The Kier molecular flexibility index (Phi) is 5.20. The van der Waals surface area contributed by atoms with Gasteiger partial charge in [-0.3, -0.25) is 9.89 Å². The highest BCUT2D eigenvalue weighted by Crippen LogP contribution is 2.22. The molecule has 1 saturated heterocycles. The molecule has 0 saturated carbocycles. The van der Waals surface area contributed by atoms with Gasteiger partial charge in [-0.1, -0.05) is 0 Å². The predicted octanol–water partition coefficient (Wildman–Crippen LogP) is -0.104. The molecule has 1 aliphatic rings. The van der Waals surface area contributed by atoms with Crippen LogP contribution in [0.5, 0.6) is 0 Å². The lowest BCUT2D eigenvalue weighted by Gasteiger charge is -2.21. The van der Waals surface area contributed by atoms with Gasteiger partial charge in [-0.15, -0.1) is 0 Å². The number of sulfonamides is 1. The van der Waals surface area contributed by atoms with Gasteiger partial charge >= 0.3 is 0 Å². The van der Waals surface area contributed by atoms with E-state index in [-0.39, 0.29) is 24.0 Å². The number of amides is 1. The van der Waals surface area contributed by atoms with Gasteiger partial charge in [-0.05, 0) is 20.3 Å². The summed E-state index contributed by atoms with van der Waals surface area (Å²) in [6, 6.07) is 0. The zero-order chi connectivity index (χ0) is 16.3. The van der Waals surface area contributed by atoms with Crippen molar-refractivity contribution in [2.24, 2.45) is 0 Å². The summed E-state index contributed by atoms with van der Waals surface area (Å²) in [4.78, 5) is 13.7. The summed E-state index contributed by atoms with van der Waals surface area (Å²) in [5, 5.41) is 6.66. The first-order valence-electron chi connectivity index (χ1n) is 7.16. The Bertz CT molecular complexity index is 621. The van der Waals surface area contributed by atoms with Crippen LogP contribution in [0.3, 0.4) is 0 Å². The molecule has 0 radical (unpaired) electrons. The Hall–Kier alpha value is -1.45. The molecule has 1 aromatic heterocycles. The number of carbonyl (C=O) groups excluding carboxylic acids is 1. The first-order chi connectivity index (χ1) is 10.4. The Morgan fingerprint density at radius 2 is 2.00 bits per heavy atom. The Labute approximate surface area is 130 Å². The molecule has 0 aliphatic carbocycles. The molecular formula is C13H22N4O4S. The number of methoxy groups -OCH3 is 1. The number of aromatic amines is 1. The summed E-state index contributed by atoms with van der Waals surface area (Å²) < 4.78 is 31.8. The van der Waals surface area contributed by atoms with E-state index in [9.17, 15) is 13.2 Å². The highest BCUT2D eigenvalue weighted by atomic mass is 32.2. The first kappa shape index (κ1) is 16.9. The number of hydrogen-bond acceptors (Lipinski definition) is 5.